The van der Waals surface area contributed by atoms with Crippen molar-refractivity contribution in [3.8, 4) is 5.75 Å². The largest absolute Gasteiger partial charge is 0.514 e. The second-order valence-corrected chi connectivity index (χ2v) is 7.33. The maximum Gasteiger partial charge on any atom is 0.514 e. The minimum absolute atomic E-state index is 0.0208. The molecule has 3 N–H and O–H groups in total. The molecule has 0 aliphatic rings. The van der Waals surface area contributed by atoms with Gasteiger partial charge in [-0.3, -0.25) is 25.0 Å². The van der Waals surface area contributed by atoms with Gasteiger partial charge in [0.1, 0.15) is 6.04 Å². The Balaban J connectivity index is 0.000000954. The highest BCUT2D eigenvalue weighted by Gasteiger charge is 2.29. The van der Waals surface area contributed by atoms with E-state index in [2.05, 4.69) is 0 Å². The summed E-state index contributed by atoms with van der Waals surface area (Å²) in [5.41, 5.74) is 4.30. The Hall–Kier alpha value is -3.28. The predicted molar refractivity (Wildman–Crippen MR) is 111 cm³/mol. The van der Waals surface area contributed by atoms with Gasteiger partial charge >= 0.3 is 17.8 Å². The van der Waals surface area contributed by atoms with Gasteiger partial charge in [0, 0.05) is 11.6 Å². The second kappa shape index (κ2) is 12.4. The Bertz CT molecular complexity index is 809. The molecule has 0 spiro atoms. The quantitative estimate of drug-likeness (QED) is 0.257. The van der Waals surface area contributed by atoms with Crippen LogP contribution in [-0.4, -0.2) is 39.2 Å². The highest BCUT2D eigenvalue weighted by molar-refractivity contribution is 5.73. The maximum atomic E-state index is 11.7. The van der Waals surface area contributed by atoms with Crippen molar-refractivity contribution in [2.45, 2.75) is 66.0 Å². The molecule has 1 rings (SSSR count). The van der Waals surface area contributed by atoms with Gasteiger partial charge in [-0.2, -0.15) is 0 Å². The van der Waals surface area contributed by atoms with Crippen LogP contribution in [0.5, 0.6) is 5.75 Å². The number of aliphatic carboxylic acids is 1. The molecule has 12 nitrogen and oxygen atoms in total. The van der Waals surface area contributed by atoms with E-state index in [4.69, 9.17) is 20.3 Å². The SMILES string of the molecule is CC(C)[C@H](N)C(=O)O.CCC(C)c1cc([N+](=O)[O-])cc([N+](=O)[O-])c1OC(=O)OC(C)C. The number of nitro groups is 2. The number of carboxylic acids is 1. The van der Waals surface area contributed by atoms with Crippen LogP contribution in [0.1, 0.15) is 59.4 Å². The molecule has 1 aromatic rings. The highest BCUT2D eigenvalue weighted by atomic mass is 16.7. The fourth-order valence-electron chi connectivity index (χ4n) is 2.14. The number of ether oxygens (including phenoxy) is 2. The number of rotatable bonds is 8. The highest BCUT2D eigenvalue weighted by Crippen LogP contribution is 2.40. The fraction of sp³-hybridized carbons (Fsp3) is 0.579. The molecule has 12 heteroatoms. The van der Waals surface area contributed by atoms with Crippen LogP contribution in [-0.2, 0) is 9.53 Å². The lowest BCUT2D eigenvalue weighted by Gasteiger charge is -2.15. The molecule has 0 aromatic heterocycles. The van der Waals surface area contributed by atoms with E-state index in [9.17, 15) is 29.8 Å². The smallest absolute Gasteiger partial charge is 0.480 e. The van der Waals surface area contributed by atoms with E-state index in [0.717, 1.165) is 6.07 Å². The van der Waals surface area contributed by atoms with Crippen molar-refractivity contribution in [2.75, 3.05) is 0 Å². The normalized spacial score (nSPS) is 12.4. The van der Waals surface area contributed by atoms with Gasteiger partial charge in [-0.05, 0) is 32.1 Å². The van der Waals surface area contributed by atoms with Gasteiger partial charge in [0.2, 0.25) is 5.75 Å². The standard InChI is InChI=1S/C14H18N2O7.C5H11NO2/c1-5-9(4)11-6-10(15(18)19)7-12(16(20)21)13(11)23-14(17)22-8(2)3;1-3(2)4(6)5(7)8/h6-9H,5H2,1-4H3;3-4H,6H2,1-2H3,(H,7,8)/t;4-/m.0/s1. The van der Waals surface area contributed by atoms with E-state index in [-0.39, 0.29) is 23.1 Å². The number of carboxylic acid groups (broad SMARTS) is 1. The van der Waals surface area contributed by atoms with Gasteiger partial charge in [-0.1, -0.05) is 27.7 Å². The first-order valence-corrected chi connectivity index (χ1v) is 9.56. The molecule has 0 amide bonds. The number of nitro benzene ring substituents is 2. The van der Waals surface area contributed by atoms with Crippen LogP contribution >= 0.6 is 0 Å². The summed E-state index contributed by atoms with van der Waals surface area (Å²) < 4.78 is 9.80. The topological polar surface area (TPSA) is 185 Å². The second-order valence-electron chi connectivity index (χ2n) is 7.33. The van der Waals surface area contributed by atoms with E-state index < -0.39 is 45.5 Å². The molecule has 1 aromatic carbocycles. The molecule has 31 heavy (non-hydrogen) atoms. The van der Waals surface area contributed by atoms with Crippen LogP contribution in [0.4, 0.5) is 16.2 Å². The molecule has 0 fully saturated rings. The third-order valence-electron chi connectivity index (χ3n) is 4.15. The summed E-state index contributed by atoms with van der Waals surface area (Å²) in [6.45, 7) is 10.3. The van der Waals surface area contributed by atoms with Gasteiger partial charge in [-0.25, -0.2) is 4.79 Å². The van der Waals surface area contributed by atoms with E-state index in [1.54, 1.807) is 34.6 Å². The minimum Gasteiger partial charge on any atom is -0.480 e. The molecule has 2 atom stereocenters. The van der Waals surface area contributed by atoms with E-state index in [1.165, 1.54) is 6.07 Å². The van der Waals surface area contributed by atoms with Gasteiger partial charge in [-0.15, -0.1) is 0 Å². The number of nitrogens with zero attached hydrogens (tertiary/aromatic N) is 2. The van der Waals surface area contributed by atoms with Crippen LogP contribution in [0.25, 0.3) is 0 Å². The number of carbonyl (C=O) groups excluding carboxylic acids is 1. The van der Waals surface area contributed by atoms with Gasteiger partial charge < -0.3 is 20.3 Å². The van der Waals surface area contributed by atoms with Crippen LogP contribution in [0, 0.1) is 26.1 Å². The van der Waals surface area contributed by atoms with E-state index in [0.29, 0.717) is 6.42 Å². The predicted octanol–water partition coefficient (Wildman–Crippen LogP) is 3.99. The Morgan fingerprint density at radius 3 is 1.97 bits per heavy atom. The molecular weight excluding hydrogens is 414 g/mol. The van der Waals surface area contributed by atoms with Gasteiger partial charge in [0.05, 0.1) is 22.0 Å². The molecule has 1 unspecified atom stereocenters. The number of hydrogen-bond donors (Lipinski definition) is 2. The summed E-state index contributed by atoms with van der Waals surface area (Å²) >= 11 is 0. The lowest BCUT2D eigenvalue weighted by Crippen LogP contribution is -2.34. The Kier molecular flexibility index (Phi) is 11.1. The average molecular weight is 443 g/mol. The zero-order chi connectivity index (χ0) is 24.5. The number of nitrogens with two attached hydrogens (primary N) is 1. The minimum atomic E-state index is -1.10. The number of carbonyl (C=O) groups is 2. The first-order chi connectivity index (χ1) is 14.2. The van der Waals surface area contributed by atoms with E-state index in [1.807, 2.05) is 6.92 Å². The van der Waals surface area contributed by atoms with Crippen LogP contribution in [0.3, 0.4) is 0 Å². The summed E-state index contributed by atoms with van der Waals surface area (Å²) in [5, 5.41) is 30.4. The summed E-state index contributed by atoms with van der Waals surface area (Å²) in [6, 6.07) is 1.23. The lowest BCUT2D eigenvalue weighted by atomic mass is 9.96. The molecule has 0 aliphatic carbocycles. The Morgan fingerprint density at radius 1 is 1.10 bits per heavy atom. The van der Waals surface area contributed by atoms with Crippen molar-refractivity contribution >= 4 is 23.5 Å². The fourth-order valence-corrected chi connectivity index (χ4v) is 2.14. The zero-order valence-electron chi connectivity index (χ0n) is 18.4. The van der Waals surface area contributed by atoms with Gasteiger partial charge in [0.15, 0.2) is 0 Å². The van der Waals surface area contributed by atoms with Crippen molar-refractivity contribution in [3.63, 3.8) is 0 Å². The lowest BCUT2D eigenvalue weighted by molar-refractivity contribution is -0.394. The summed E-state index contributed by atoms with van der Waals surface area (Å²) in [4.78, 5) is 42.3. The molecule has 0 saturated heterocycles. The molecule has 0 bridgehead atoms. The number of non-ortho nitro benzene ring substituents is 1. The first-order valence-electron chi connectivity index (χ1n) is 9.56. The van der Waals surface area contributed by atoms with Crippen molar-refractivity contribution in [2.24, 2.45) is 11.7 Å². The number of hydrogen-bond acceptors (Lipinski definition) is 9. The molecule has 0 aliphatic heterocycles. The van der Waals surface area contributed by atoms with Gasteiger partial charge in [0.25, 0.3) is 5.69 Å². The molecule has 174 valence electrons. The summed E-state index contributed by atoms with van der Waals surface area (Å²) in [6.07, 6.45) is -1.01. The molecular formula is C19H29N3O9. The Morgan fingerprint density at radius 2 is 1.65 bits per heavy atom. The third-order valence-corrected chi connectivity index (χ3v) is 4.15. The van der Waals surface area contributed by atoms with Crippen molar-refractivity contribution < 1.29 is 34.0 Å². The van der Waals surface area contributed by atoms with E-state index >= 15 is 0 Å². The maximum absolute atomic E-state index is 11.7. The summed E-state index contributed by atoms with van der Waals surface area (Å²) in [7, 11) is 0. The van der Waals surface area contributed by atoms with Crippen molar-refractivity contribution in [1.29, 1.82) is 0 Å². The first kappa shape index (κ1) is 27.7. The monoisotopic (exact) mass is 443 g/mol. The zero-order valence-corrected chi connectivity index (χ0v) is 18.4. The Labute approximate surface area is 179 Å². The van der Waals surface area contributed by atoms with Crippen LogP contribution < -0.4 is 10.5 Å². The van der Waals surface area contributed by atoms with Crippen LogP contribution in [0.15, 0.2) is 12.1 Å². The molecule has 0 saturated carbocycles. The molecule has 0 heterocycles. The van der Waals surface area contributed by atoms with Crippen LogP contribution in [0.2, 0.25) is 0 Å². The average Bonchev–Trinajstić information content (AvgIpc) is 2.65. The van der Waals surface area contributed by atoms with Crippen molar-refractivity contribution in [3.05, 3.63) is 37.9 Å². The third kappa shape index (κ3) is 8.95. The molecule has 0 radical (unpaired) electrons. The van der Waals surface area contributed by atoms with Crippen molar-refractivity contribution in [1.82, 2.24) is 0 Å². The summed E-state index contributed by atoms with van der Waals surface area (Å²) in [5.74, 6) is -1.51. The number of benzene rings is 1.